The molecule has 0 saturated carbocycles. The van der Waals surface area contributed by atoms with Crippen LogP contribution >= 0.6 is 15.9 Å². The third-order valence-electron chi connectivity index (χ3n) is 4.04. The summed E-state index contributed by atoms with van der Waals surface area (Å²) in [6.45, 7) is 1.80. The number of halogens is 1. The van der Waals surface area contributed by atoms with Crippen molar-refractivity contribution in [1.29, 1.82) is 0 Å². The molecule has 0 aliphatic rings. The summed E-state index contributed by atoms with van der Waals surface area (Å²) in [5.74, 6) is -1.26. The van der Waals surface area contributed by atoms with E-state index in [1.54, 1.807) is 37.3 Å². The van der Waals surface area contributed by atoms with Gasteiger partial charge >= 0.3 is 5.97 Å². The molecule has 6 heteroatoms. The Morgan fingerprint density at radius 2 is 1.82 bits per heavy atom. The molecule has 0 fully saturated rings. The molecular formula is C22H17BrN2O3. The quantitative estimate of drug-likeness (QED) is 0.540. The fourth-order valence-electron chi connectivity index (χ4n) is 2.65. The molecule has 0 bridgehead atoms. The second kappa shape index (κ2) is 8.63. The number of nitrogens with one attached hydrogen (secondary N) is 1. The van der Waals surface area contributed by atoms with Crippen molar-refractivity contribution in [1.82, 2.24) is 4.98 Å². The van der Waals surface area contributed by atoms with Gasteiger partial charge in [-0.15, -0.1) is 0 Å². The van der Waals surface area contributed by atoms with Crippen molar-refractivity contribution in [2.75, 3.05) is 5.32 Å². The summed E-state index contributed by atoms with van der Waals surface area (Å²) in [6.07, 6.45) is 2.55. The second-order valence-electron chi connectivity index (χ2n) is 6.09. The number of aliphatic carboxylic acids is 1. The van der Waals surface area contributed by atoms with Crippen LogP contribution in [-0.2, 0) is 4.79 Å². The lowest BCUT2D eigenvalue weighted by Crippen LogP contribution is -2.14. The number of carbonyl (C=O) groups is 2. The normalized spacial score (nSPS) is 10.8. The Kier molecular flexibility index (Phi) is 6.01. The van der Waals surface area contributed by atoms with Crippen LogP contribution in [0.5, 0.6) is 0 Å². The number of nitrogens with zero attached hydrogens (tertiary/aromatic N) is 1. The number of carbonyl (C=O) groups excluding carboxylic acids is 1. The molecular weight excluding hydrogens is 420 g/mol. The van der Waals surface area contributed by atoms with Crippen molar-refractivity contribution in [2.45, 2.75) is 6.92 Å². The fourth-order valence-corrected chi connectivity index (χ4v) is 3.05. The van der Waals surface area contributed by atoms with Crippen LogP contribution in [0.25, 0.3) is 17.3 Å². The van der Waals surface area contributed by atoms with Gasteiger partial charge in [-0.1, -0.05) is 40.2 Å². The number of benzene rings is 2. The van der Waals surface area contributed by atoms with Crippen molar-refractivity contribution in [3.8, 4) is 11.3 Å². The number of rotatable bonds is 5. The minimum absolute atomic E-state index is 0.250. The first-order valence-electron chi connectivity index (χ1n) is 8.48. The lowest BCUT2D eigenvalue weighted by molar-refractivity contribution is -0.131. The predicted molar refractivity (Wildman–Crippen MR) is 113 cm³/mol. The summed E-state index contributed by atoms with van der Waals surface area (Å²) < 4.78 is 0.966. The van der Waals surface area contributed by atoms with E-state index in [9.17, 15) is 9.59 Å². The second-order valence-corrected chi connectivity index (χ2v) is 7.00. The van der Waals surface area contributed by atoms with Crippen molar-refractivity contribution in [3.63, 3.8) is 0 Å². The maximum atomic E-state index is 12.6. The van der Waals surface area contributed by atoms with Gasteiger partial charge < -0.3 is 10.4 Å². The summed E-state index contributed by atoms with van der Waals surface area (Å²) in [7, 11) is 0. The van der Waals surface area contributed by atoms with Gasteiger partial charge in [-0.2, -0.15) is 0 Å². The van der Waals surface area contributed by atoms with Crippen molar-refractivity contribution in [2.24, 2.45) is 0 Å². The summed E-state index contributed by atoms with van der Waals surface area (Å²) in [4.78, 5) is 27.7. The zero-order chi connectivity index (χ0) is 20.1. The molecule has 1 heterocycles. The van der Waals surface area contributed by atoms with E-state index in [-0.39, 0.29) is 5.91 Å². The summed E-state index contributed by atoms with van der Waals surface area (Å²) in [6, 6.07) is 18.3. The highest BCUT2D eigenvalue weighted by atomic mass is 79.9. The number of carboxylic acids is 1. The van der Waals surface area contributed by atoms with Crippen molar-refractivity contribution in [3.05, 3.63) is 88.0 Å². The van der Waals surface area contributed by atoms with Gasteiger partial charge in [0.2, 0.25) is 0 Å². The largest absolute Gasteiger partial charge is 0.478 e. The molecule has 0 aliphatic heterocycles. The number of anilines is 1. The van der Waals surface area contributed by atoms with E-state index in [1.807, 2.05) is 30.3 Å². The molecule has 2 aromatic carbocycles. The molecule has 0 spiro atoms. The SMILES string of the molecule is Cc1nc(-c2cccc(Br)c2)ccc1C(=O)Nc1ccc(/C=C/C(=O)O)cc1. The van der Waals surface area contributed by atoms with Crippen LogP contribution in [-0.4, -0.2) is 22.0 Å². The van der Waals surface area contributed by atoms with Crippen molar-refractivity contribution < 1.29 is 14.7 Å². The van der Waals surface area contributed by atoms with Crippen LogP contribution < -0.4 is 5.32 Å². The molecule has 0 atom stereocenters. The number of hydrogen-bond acceptors (Lipinski definition) is 3. The number of aromatic nitrogens is 1. The van der Waals surface area contributed by atoms with Gasteiger partial charge in [0.15, 0.2) is 0 Å². The minimum Gasteiger partial charge on any atom is -0.478 e. The smallest absolute Gasteiger partial charge is 0.328 e. The molecule has 5 nitrogen and oxygen atoms in total. The highest BCUT2D eigenvalue weighted by molar-refractivity contribution is 9.10. The molecule has 1 aromatic heterocycles. The van der Waals surface area contributed by atoms with Crippen LogP contribution in [0, 0.1) is 6.92 Å². The lowest BCUT2D eigenvalue weighted by Gasteiger charge is -2.09. The van der Waals surface area contributed by atoms with E-state index in [4.69, 9.17) is 5.11 Å². The van der Waals surface area contributed by atoms with Crippen LogP contribution in [0.1, 0.15) is 21.6 Å². The van der Waals surface area contributed by atoms with Gasteiger partial charge in [0.05, 0.1) is 17.0 Å². The number of amides is 1. The topological polar surface area (TPSA) is 79.3 Å². The van der Waals surface area contributed by atoms with Crippen LogP contribution in [0.15, 0.2) is 71.2 Å². The van der Waals surface area contributed by atoms with E-state index < -0.39 is 5.97 Å². The zero-order valence-corrected chi connectivity index (χ0v) is 16.6. The Bertz CT molecular complexity index is 1060. The molecule has 0 radical (unpaired) electrons. The van der Waals surface area contributed by atoms with E-state index >= 15 is 0 Å². The van der Waals surface area contributed by atoms with E-state index in [0.717, 1.165) is 27.4 Å². The molecule has 140 valence electrons. The molecule has 3 aromatic rings. The zero-order valence-electron chi connectivity index (χ0n) is 15.0. The Morgan fingerprint density at radius 3 is 2.46 bits per heavy atom. The Balaban J connectivity index is 1.75. The van der Waals surface area contributed by atoms with Crippen LogP contribution in [0.2, 0.25) is 0 Å². The average molecular weight is 437 g/mol. The molecule has 0 aliphatic carbocycles. The number of aryl methyl sites for hydroxylation is 1. The van der Waals surface area contributed by atoms with Crippen molar-refractivity contribution >= 4 is 39.6 Å². The average Bonchev–Trinajstić information content (AvgIpc) is 2.67. The maximum absolute atomic E-state index is 12.6. The van der Waals surface area contributed by atoms with Gasteiger partial charge in [0, 0.05) is 21.8 Å². The van der Waals surface area contributed by atoms with E-state index in [2.05, 4.69) is 26.2 Å². The summed E-state index contributed by atoms with van der Waals surface area (Å²) in [5.41, 5.74) is 4.24. The number of pyridine rings is 1. The molecule has 0 saturated heterocycles. The number of hydrogen-bond donors (Lipinski definition) is 2. The number of carboxylic acid groups (broad SMARTS) is 1. The van der Waals surface area contributed by atoms with E-state index in [0.29, 0.717) is 16.9 Å². The monoisotopic (exact) mass is 436 g/mol. The van der Waals surface area contributed by atoms with Gasteiger partial charge in [-0.05, 0) is 55.0 Å². The molecule has 0 unspecified atom stereocenters. The first-order valence-corrected chi connectivity index (χ1v) is 9.28. The molecule has 3 rings (SSSR count). The Morgan fingerprint density at radius 1 is 1.07 bits per heavy atom. The first-order chi connectivity index (χ1) is 13.4. The van der Waals surface area contributed by atoms with Crippen LogP contribution in [0.3, 0.4) is 0 Å². The molecule has 2 N–H and O–H groups in total. The standard InChI is InChI=1S/C22H17BrN2O3/c1-14-19(10-11-20(24-14)16-3-2-4-17(23)13-16)22(28)25-18-8-5-15(6-9-18)7-12-21(26)27/h2-13H,1H3,(H,25,28)(H,26,27)/b12-7+. The van der Waals surface area contributed by atoms with E-state index in [1.165, 1.54) is 6.08 Å². The Labute approximate surface area is 170 Å². The third-order valence-corrected chi connectivity index (χ3v) is 4.53. The van der Waals surface area contributed by atoms with Gasteiger partial charge in [0.25, 0.3) is 5.91 Å². The predicted octanol–water partition coefficient (Wildman–Crippen LogP) is 5.17. The molecule has 1 amide bonds. The highest BCUT2D eigenvalue weighted by Gasteiger charge is 2.12. The van der Waals surface area contributed by atoms with Gasteiger partial charge in [-0.3, -0.25) is 9.78 Å². The summed E-state index contributed by atoms with van der Waals surface area (Å²) in [5, 5.41) is 11.5. The lowest BCUT2D eigenvalue weighted by atomic mass is 10.1. The Hall–Kier alpha value is -3.25. The third kappa shape index (κ3) is 4.92. The first kappa shape index (κ1) is 19.5. The van der Waals surface area contributed by atoms with Crippen LogP contribution in [0.4, 0.5) is 5.69 Å². The summed E-state index contributed by atoms with van der Waals surface area (Å²) >= 11 is 3.45. The maximum Gasteiger partial charge on any atom is 0.328 e. The fraction of sp³-hybridized carbons (Fsp3) is 0.0455. The van der Waals surface area contributed by atoms with Gasteiger partial charge in [-0.25, -0.2) is 4.79 Å². The minimum atomic E-state index is -1.01. The van der Waals surface area contributed by atoms with Gasteiger partial charge in [0.1, 0.15) is 0 Å². The highest BCUT2D eigenvalue weighted by Crippen LogP contribution is 2.23. The molecule has 28 heavy (non-hydrogen) atoms.